The van der Waals surface area contributed by atoms with Crippen molar-refractivity contribution >= 4 is 23.2 Å². The Labute approximate surface area is 128 Å². The highest BCUT2D eigenvalue weighted by atomic mass is 16.6. The number of amides is 1. The Morgan fingerprint density at radius 3 is 2.73 bits per heavy atom. The number of dihydropyridines is 1. The van der Waals surface area contributed by atoms with E-state index < -0.39 is 17.9 Å². The molecular formula is C14H21N5O3. The first-order valence-electron chi connectivity index (χ1n) is 7.19. The van der Waals surface area contributed by atoms with Crippen LogP contribution in [0.15, 0.2) is 21.8 Å². The monoisotopic (exact) mass is 307 g/mol. The minimum atomic E-state index is -0.842. The lowest BCUT2D eigenvalue weighted by molar-refractivity contribution is -0.120. The minimum absolute atomic E-state index is 0.00494. The maximum absolute atomic E-state index is 12.7. The Bertz CT molecular complexity index is 561. The van der Waals surface area contributed by atoms with Crippen LogP contribution in [0.3, 0.4) is 0 Å². The second-order valence-electron chi connectivity index (χ2n) is 5.42. The number of oxime groups is 1. The van der Waals surface area contributed by atoms with Gasteiger partial charge in [0.2, 0.25) is 5.91 Å². The number of amidine groups is 1. The van der Waals surface area contributed by atoms with E-state index in [1.54, 1.807) is 13.0 Å². The van der Waals surface area contributed by atoms with E-state index in [-0.39, 0.29) is 23.4 Å². The molecule has 0 radical (unpaired) electrons. The summed E-state index contributed by atoms with van der Waals surface area (Å²) in [7, 11) is 1.35. The molecule has 0 saturated carbocycles. The molecule has 0 aromatic rings. The third kappa shape index (κ3) is 3.16. The Kier molecular flexibility index (Phi) is 4.92. The number of rotatable bonds is 5. The molecule has 1 amide bonds. The minimum Gasteiger partial charge on any atom is -0.397 e. The summed E-state index contributed by atoms with van der Waals surface area (Å²) in [6, 6.07) is -1.08. The molecular weight excluding hydrogens is 286 g/mol. The Balaban J connectivity index is 2.37. The predicted octanol–water partition coefficient (Wildman–Crippen LogP) is -0.903. The van der Waals surface area contributed by atoms with Crippen LogP contribution in [0.2, 0.25) is 0 Å². The van der Waals surface area contributed by atoms with Crippen LogP contribution >= 0.6 is 0 Å². The Morgan fingerprint density at radius 2 is 2.18 bits per heavy atom. The molecule has 2 aliphatic rings. The van der Waals surface area contributed by atoms with Crippen LogP contribution in [-0.2, 0) is 14.4 Å². The first kappa shape index (κ1) is 16.2. The number of aliphatic imine (C=N–C) groups is 1. The molecule has 22 heavy (non-hydrogen) atoms. The molecule has 2 unspecified atom stereocenters. The van der Waals surface area contributed by atoms with E-state index in [1.165, 1.54) is 7.11 Å². The smallest absolute Gasteiger partial charge is 0.242 e. The van der Waals surface area contributed by atoms with Crippen molar-refractivity contribution in [3.8, 4) is 0 Å². The van der Waals surface area contributed by atoms with Gasteiger partial charge >= 0.3 is 0 Å². The highest BCUT2D eigenvalue weighted by Crippen LogP contribution is 2.26. The topological polar surface area (TPSA) is 132 Å². The number of ketones is 1. The summed E-state index contributed by atoms with van der Waals surface area (Å²) >= 11 is 0. The number of carbonyl (C=O) groups is 2. The molecule has 120 valence electrons. The van der Waals surface area contributed by atoms with E-state index in [1.807, 2.05) is 0 Å². The van der Waals surface area contributed by atoms with E-state index in [9.17, 15) is 9.59 Å². The van der Waals surface area contributed by atoms with Crippen LogP contribution in [0.4, 0.5) is 0 Å². The molecule has 0 spiro atoms. The average Bonchev–Trinajstić information content (AvgIpc) is 3.00. The van der Waals surface area contributed by atoms with Crippen molar-refractivity contribution in [1.82, 2.24) is 5.32 Å². The number of carbonyl (C=O) groups excluding carboxylic acids is 2. The molecule has 8 heteroatoms. The molecule has 0 aromatic heterocycles. The molecule has 3 atom stereocenters. The van der Waals surface area contributed by atoms with Crippen molar-refractivity contribution in [3.63, 3.8) is 0 Å². The largest absolute Gasteiger partial charge is 0.397 e. The van der Waals surface area contributed by atoms with Crippen LogP contribution in [0.5, 0.6) is 0 Å². The first-order chi connectivity index (χ1) is 10.5. The zero-order valence-electron chi connectivity index (χ0n) is 12.7. The number of nitrogens with two attached hydrogens (primary N) is 2. The Morgan fingerprint density at radius 1 is 1.45 bits per heavy atom. The molecule has 0 aliphatic carbocycles. The standard InChI is InChI=1S/C14H21N5O3/c1-7-8(12(20)9-4-3-5-17-9)6-10(13(15)19-22-2)18-11(7)14(16)21/h6-7,9,11,17H,3-5H2,1-2H3,(H2,15,19)(H2,16,21)/t7?,9-,11?/m0/s1. The molecule has 5 N–H and O–H groups in total. The number of Topliss-reactive ketones (excluding diaryl/α,β-unsaturated/α-hetero) is 1. The molecule has 2 rings (SSSR count). The highest BCUT2D eigenvalue weighted by Gasteiger charge is 2.36. The lowest BCUT2D eigenvalue weighted by Gasteiger charge is -2.26. The lowest BCUT2D eigenvalue weighted by atomic mass is 9.84. The molecule has 0 aromatic carbocycles. The van der Waals surface area contributed by atoms with Gasteiger partial charge < -0.3 is 21.6 Å². The lowest BCUT2D eigenvalue weighted by Crippen LogP contribution is -2.43. The maximum atomic E-state index is 12.7. The van der Waals surface area contributed by atoms with Gasteiger partial charge in [-0.3, -0.25) is 14.6 Å². The van der Waals surface area contributed by atoms with Crippen LogP contribution in [0.1, 0.15) is 19.8 Å². The number of primary amides is 1. The second-order valence-corrected chi connectivity index (χ2v) is 5.42. The average molecular weight is 307 g/mol. The van der Waals surface area contributed by atoms with E-state index in [2.05, 4.69) is 20.3 Å². The summed E-state index contributed by atoms with van der Waals surface area (Å²) in [5, 5.41) is 6.75. The van der Waals surface area contributed by atoms with E-state index in [0.717, 1.165) is 19.4 Å². The fourth-order valence-corrected chi connectivity index (χ4v) is 2.75. The summed E-state index contributed by atoms with van der Waals surface area (Å²) < 4.78 is 0. The molecule has 1 saturated heterocycles. The molecule has 2 heterocycles. The van der Waals surface area contributed by atoms with Crippen LogP contribution in [0.25, 0.3) is 0 Å². The number of nitrogens with zero attached hydrogens (tertiary/aromatic N) is 2. The fraction of sp³-hybridized carbons (Fsp3) is 0.571. The van der Waals surface area contributed by atoms with Crippen molar-refractivity contribution < 1.29 is 14.4 Å². The van der Waals surface area contributed by atoms with Gasteiger partial charge in [0.1, 0.15) is 18.9 Å². The Hall–Kier alpha value is -2.22. The number of hydrogen-bond acceptors (Lipinski definition) is 6. The summed E-state index contributed by atoms with van der Waals surface area (Å²) in [6.45, 7) is 2.57. The summed E-state index contributed by atoms with van der Waals surface area (Å²) in [5.74, 6) is -1.04. The molecule has 2 aliphatic heterocycles. The van der Waals surface area contributed by atoms with Gasteiger partial charge in [0.15, 0.2) is 11.6 Å². The van der Waals surface area contributed by atoms with Crippen molar-refractivity contribution in [2.24, 2.45) is 27.5 Å². The van der Waals surface area contributed by atoms with E-state index in [4.69, 9.17) is 11.5 Å². The van der Waals surface area contributed by atoms with E-state index >= 15 is 0 Å². The number of hydrogen-bond donors (Lipinski definition) is 3. The fourth-order valence-electron chi connectivity index (χ4n) is 2.75. The summed E-state index contributed by atoms with van der Waals surface area (Å²) in [6.07, 6.45) is 3.30. The van der Waals surface area contributed by atoms with Gasteiger partial charge in [-0.1, -0.05) is 12.1 Å². The quantitative estimate of drug-likeness (QED) is 0.344. The number of nitrogens with one attached hydrogen (secondary N) is 1. The zero-order chi connectivity index (χ0) is 16.3. The van der Waals surface area contributed by atoms with Gasteiger partial charge in [-0.2, -0.15) is 0 Å². The summed E-state index contributed by atoms with van der Waals surface area (Å²) in [5.41, 5.74) is 11.9. The SMILES string of the molecule is CON=C(N)C1=NC(C(N)=O)C(C)C(C(=O)[C@@H]2CCCN2)=C1. The van der Waals surface area contributed by atoms with Gasteiger partial charge in [0, 0.05) is 11.5 Å². The molecule has 0 bridgehead atoms. The van der Waals surface area contributed by atoms with Gasteiger partial charge in [-0.15, -0.1) is 0 Å². The van der Waals surface area contributed by atoms with Crippen molar-refractivity contribution in [2.45, 2.75) is 31.8 Å². The van der Waals surface area contributed by atoms with Crippen molar-refractivity contribution in [3.05, 3.63) is 11.6 Å². The zero-order valence-corrected chi connectivity index (χ0v) is 12.7. The van der Waals surface area contributed by atoms with Gasteiger partial charge in [-0.25, -0.2) is 0 Å². The van der Waals surface area contributed by atoms with Gasteiger partial charge in [0.05, 0.1) is 6.04 Å². The van der Waals surface area contributed by atoms with Gasteiger partial charge in [0.25, 0.3) is 0 Å². The third-order valence-corrected chi connectivity index (χ3v) is 3.94. The van der Waals surface area contributed by atoms with Crippen LogP contribution in [-0.4, -0.2) is 49.0 Å². The van der Waals surface area contributed by atoms with E-state index in [0.29, 0.717) is 5.57 Å². The summed E-state index contributed by atoms with van der Waals surface area (Å²) in [4.78, 5) is 33.1. The maximum Gasteiger partial charge on any atom is 0.242 e. The molecule has 1 fully saturated rings. The van der Waals surface area contributed by atoms with Crippen molar-refractivity contribution in [1.29, 1.82) is 0 Å². The second kappa shape index (κ2) is 6.69. The van der Waals surface area contributed by atoms with Crippen LogP contribution < -0.4 is 16.8 Å². The first-order valence-corrected chi connectivity index (χ1v) is 7.19. The highest BCUT2D eigenvalue weighted by molar-refractivity contribution is 6.46. The van der Waals surface area contributed by atoms with Crippen LogP contribution in [0, 0.1) is 5.92 Å². The molecule has 8 nitrogen and oxygen atoms in total. The normalized spacial score (nSPS) is 28.8. The predicted molar refractivity (Wildman–Crippen MR) is 82.3 cm³/mol. The van der Waals surface area contributed by atoms with Crippen molar-refractivity contribution in [2.75, 3.05) is 13.7 Å². The van der Waals surface area contributed by atoms with Gasteiger partial charge in [-0.05, 0) is 25.5 Å². The third-order valence-electron chi connectivity index (χ3n) is 3.94.